The Bertz CT molecular complexity index is 1220. The van der Waals surface area contributed by atoms with E-state index in [0.29, 0.717) is 18.8 Å². The van der Waals surface area contributed by atoms with Crippen molar-refractivity contribution in [1.29, 1.82) is 0 Å². The van der Waals surface area contributed by atoms with E-state index in [1.54, 1.807) is 0 Å². The van der Waals surface area contributed by atoms with Crippen LogP contribution in [0.2, 0.25) is 0 Å². The van der Waals surface area contributed by atoms with Crippen LogP contribution in [0.15, 0.2) is 84.9 Å². The van der Waals surface area contributed by atoms with Crippen molar-refractivity contribution < 1.29 is 9.53 Å². The maximum absolute atomic E-state index is 13.5. The molecule has 4 aromatic rings. The number of rotatable bonds is 8. The Morgan fingerprint density at radius 1 is 0.939 bits per heavy atom. The van der Waals surface area contributed by atoms with Gasteiger partial charge in [0.2, 0.25) is 0 Å². The quantitative estimate of drug-likeness (QED) is 0.344. The molecule has 166 valence electrons. The Morgan fingerprint density at radius 3 is 2.33 bits per heavy atom. The predicted molar refractivity (Wildman–Crippen MR) is 129 cm³/mol. The Hall–Kier alpha value is -3.86. The van der Waals surface area contributed by atoms with Gasteiger partial charge in [-0.25, -0.2) is 0 Å². The summed E-state index contributed by atoms with van der Waals surface area (Å²) in [5, 5.41) is 7.58. The van der Waals surface area contributed by atoms with Gasteiger partial charge in [-0.3, -0.25) is 9.89 Å². The van der Waals surface area contributed by atoms with Gasteiger partial charge >= 0.3 is 0 Å². The van der Waals surface area contributed by atoms with E-state index in [-0.39, 0.29) is 11.9 Å². The summed E-state index contributed by atoms with van der Waals surface area (Å²) in [6.07, 6.45) is 2.13. The van der Waals surface area contributed by atoms with E-state index in [1.807, 2.05) is 65.6 Å². The second-order valence-corrected chi connectivity index (χ2v) is 8.32. The van der Waals surface area contributed by atoms with Crippen molar-refractivity contribution in [3.05, 3.63) is 107 Å². The van der Waals surface area contributed by atoms with E-state index < -0.39 is 0 Å². The zero-order chi connectivity index (χ0) is 22.6. The van der Waals surface area contributed by atoms with Crippen LogP contribution in [0.4, 0.5) is 0 Å². The molecule has 1 unspecified atom stereocenters. The fourth-order valence-corrected chi connectivity index (χ4v) is 4.38. The second-order valence-electron chi connectivity index (χ2n) is 8.32. The SMILES string of the molecule is CCCCOc1ccc(C2c3c(-c4ccccc4)n[nH]c3C(=O)N2Cc2ccccc2)cc1. The third-order valence-electron chi connectivity index (χ3n) is 6.07. The van der Waals surface area contributed by atoms with Crippen molar-refractivity contribution in [2.75, 3.05) is 6.61 Å². The Morgan fingerprint density at radius 2 is 1.64 bits per heavy atom. The fourth-order valence-electron chi connectivity index (χ4n) is 4.38. The van der Waals surface area contributed by atoms with Crippen LogP contribution >= 0.6 is 0 Å². The molecule has 5 heteroatoms. The summed E-state index contributed by atoms with van der Waals surface area (Å²) in [6.45, 7) is 3.38. The number of nitrogens with zero attached hydrogens (tertiary/aromatic N) is 2. The molecule has 1 aliphatic rings. The molecule has 33 heavy (non-hydrogen) atoms. The first kappa shape index (κ1) is 21.0. The number of nitrogens with one attached hydrogen (secondary N) is 1. The number of unbranched alkanes of at least 4 members (excludes halogenated alkanes) is 1. The number of carbonyl (C=O) groups is 1. The molecule has 0 spiro atoms. The second kappa shape index (κ2) is 9.33. The Balaban J connectivity index is 1.55. The zero-order valence-corrected chi connectivity index (χ0v) is 18.7. The number of aromatic nitrogens is 2. The van der Waals surface area contributed by atoms with Crippen molar-refractivity contribution in [1.82, 2.24) is 15.1 Å². The average molecular weight is 438 g/mol. The molecule has 0 fully saturated rings. The van der Waals surface area contributed by atoms with Crippen molar-refractivity contribution >= 4 is 5.91 Å². The number of amides is 1. The summed E-state index contributed by atoms with van der Waals surface area (Å²) in [6, 6.07) is 28.0. The summed E-state index contributed by atoms with van der Waals surface area (Å²) in [7, 11) is 0. The lowest BCUT2D eigenvalue weighted by Gasteiger charge is -2.26. The molecule has 0 aliphatic carbocycles. The highest BCUT2D eigenvalue weighted by Crippen LogP contribution is 2.43. The summed E-state index contributed by atoms with van der Waals surface area (Å²) in [5.74, 6) is 0.818. The standard InChI is InChI=1S/C28H27N3O2/c1-2-3-18-33-23-16-14-22(15-17-23)27-24-25(21-12-8-5-9-13-21)29-30-26(24)28(32)31(27)19-20-10-6-4-7-11-20/h4-17,27H,2-3,18-19H2,1H3,(H,29,30). The van der Waals surface area contributed by atoms with Gasteiger partial charge in [0.1, 0.15) is 11.4 Å². The van der Waals surface area contributed by atoms with Gasteiger partial charge in [0.05, 0.1) is 18.3 Å². The summed E-state index contributed by atoms with van der Waals surface area (Å²) < 4.78 is 5.86. The van der Waals surface area contributed by atoms with Crippen LogP contribution < -0.4 is 4.74 Å². The number of H-pyrrole nitrogens is 1. The summed E-state index contributed by atoms with van der Waals surface area (Å²) in [4.78, 5) is 15.4. The first-order valence-corrected chi connectivity index (χ1v) is 11.5. The first-order chi connectivity index (χ1) is 16.3. The van der Waals surface area contributed by atoms with Gasteiger partial charge in [-0.05, 0) is 29.7 Å². The molecule has 1 N–H and O–H groups in total. The van der Waals surface area contributed by atoms with Crippen LogP contribution in [0.25, 0.3) is 11.3 Å². The highest BCUT2D eigenvalue weighted by Gasteiger charge is 2.42. The van der Waals surface area contributed by atoms with Crippen LogP contribution in [0.1, 0.15) is 53.0 Å². The highest BCUT2D eigenvalue weighted by atomic mass is 16.5. The smallest absolute Gasteiger partial charge is 0.273 e. The average Bonchev–Trinajstić information content (AvgIpc) is 3.40. The largest absolute Gasteiger partial charge is 0.494 e. The number of hydrogen-bond acceptors (Lipinski definition) is 3. The van der Waals surface area contributed by atoms with Gasteiger partial charge in [0, 0.05) is 17.7 Å². The highest BCUT2D eigenvalue weighted by molar-refractivity contribution is 6.00. The lowest BCUT2D eigenvalue weighted by molar-refractivity contribution is 0.0730. The maximum atomic E-state index is 13.5. The number of benzene rings is 3. The zero-order valence-electron chi connectivity index (χ0n) is 18.7. The lowest BCUT2D eigenvalue weighted by Crippen LogP contribution is -2.29. The predicted octanol–water partition coefficient (Wildman–Crippen LogP) is 6.00. The van der Waals surface area contributed by atoms with Crippen LogP contribution in [0.5, 0.6) is 5.75 Å². The molecule has 2 heterocycles. The molecule has 1 aromatic heterocycles. The van der Waals surface area contributed by atoms with Gasteiger partial charge in [0.25, 0.3) is 5.91 Å². The van der Waals surface area contributed by atoms with Crippen molar-refractivity contribution in [2.45, 2.75) is 32.4 Å². The van der Waals surface area contributed by atoms with E-state index in [4.69, 9.17) is 4.74 Å². The minimum atomic E-state index is -0.230. The molecule has 1 amide bonds. The van der Waals surface area contributed by atoms with E-state index in [9.17, 15) is 4.79 Å². The van der Waals surface area contributed by atoms with E-state index in [1.165, 1.54) is 0 Å². The van der Waals surface area contributed by atoms with Crippen LogP contribution in [0, 0.1) is 0 Å². The minimum absolute atomic E-state index is 0.0307. The number of ether oxygens (including phenoxy) is 1. The van der Waals surface area contributed by atoms with Crippen LogP contribution in [-0.2, 0) is 6.54 Å². The van der Waals surface area contributed by atoms with Crippen molar-refractivity contribution in [2.24, 2.45) is 0 Å². The molecule has 0 saturated heterocycles. The first-order valence-electron chi connectivity index (χ1n) is 11.5. The van der Waals surface area contributed by atoms with Crippen LogP contribution in [0.3, 0.4) is 0 Å². The Labute approximate surface area is 194 Å². The monoisotopic (exact) mass is 437 g/mol. The van der Waals surface area contributed by atoms with E-state index in [2.05, 4.69) is 41.4 Å². The minimum Gasteiger partial charge on any atom is -0.494 e. The maximum Gasteiger partial charge on any atom is 0.273 e. The molecule has 1 atom stereocenters. The molecule has 5 nitrogen and oxygen atoms in total. The molecular formula is C28H27N3O2. The van der Waals surface area contributed by atoms with Gasteiger partial charge in [-0.1, -0.05) is 86.1 Å². The normalized spacial score (nSPS) is 15.0. The van der Waals surface area contributed by atoms with Crippen molar-refractivity contribution in [3.63, 3.8) is 0 Å². The molecule has 0 bridgehead atoms. The summed E-state index contributed by atoms with van der Waals surface area (Å²) in [5.41, 5.74) is 5.45. The topological polar surface area (TPSA) is 58.2 Å². The van der Waals surface area contributed by atoms with Crippen LogP contribution in [-0.4, -0.2) is 27.6 Å². The Kier molecular flexibility index (Phi) is 5.94. The van der Waals surface area contributed by atoms with Gasteiger partial charge in [-0.2, -0.15) is 5.10 Å². The molecule has 3 aromatic carbocycles. The summed E-state index contributed by atoms with van der Waals surface area (Å²) >= 11 is 0. The molecule has 5 rings (SSSR count). The lowest BCUT2D eigenvalue weighted by atomic mass is 9.96. The number of carbonyl (C=O) groups excluding carboxylic acids is 1. The van der Waals surface area contributed by atoms with Crippen molar-refractivity contribution in [3.8, 4) is 17.0 Å². The molecule has 0 saturated carbocycles. The van der Waals surface area contributed by atoms with Gasteiger partial charge in [0.15, 0.2) is 0 Å². The molecule has 0 radical (unpaired) electrons. The third-order valence-corrected chi connectivity index (χ3v) is 6.07. The molecule has 1 aliphatic heterocycles. The number of hydrogen-bond donors (Lipinski definition) is 1. The number of aromatic amines is 1. The molecular weight excluding hydrogens is 410 g/mol. The van der Waals surface area contributed by atoms with Gasteiger partial charge in [-0.15, -0.1) is 0 Å². The van der Waals surface area contributed by atoms with E-state index in [0.717, 1.165) is 46.5 Å². The third kappa shape index (κ3) is 4.14. The number of fused-ring (bicyclic) bond motifs is 1. The van der Waals surface area contributed by atoms with E-state index >= 15 is 0 Å². The van der Waals surface area contributed by atoms with Gasteiger partial charge < -0.3 is 9.64 Å². The fraction of sp³-hybridized carbons (Fsp3) is 0.214.